The van der Waals surface area contributed by atoms with E-state index in [-0.39, 0.29) is 23.3 Å². The van der Waals surface area contributed by atoms with Gasteiger partial charge in [0, 0.05) is 29.5 Å². The summed E-state index contributed by atoms with van der Waals surface area (Å²) in [5, 5.41) is 5.72. The number of nitrogens with two attached hydrogens (primary N) is 1. The number of thiazole rings is 1. The lowest BCUT2D eigenvalue weighted by atomic mass is 9.48. The second-order valence-electron chi connectivity index (χ2n) is 5.89. The zero-order valence-corrected chi connectivity index (χ0v) is 12.0. The van der Waals surface area contributed by atoms with Crippen LogP contribution < -0.4 is 11.1 Å². The number of amides is 1. The topological polar surface area (TPSA) is 77.2 Å². The highest BCUT2D eigenvalue weighted by molar-refractivity contribution is 7.09. The molecule has 2 heterocycles. The van der Waals surface area contributed by atoms with Gasteiger partial charge >= 0.3 is 0 Å². The second-order valence-corrected chi connectivity index (χ2v) is 6.86. The van der Waals surface area contributed by atoms with Crippen molar-refractivity contribution in [3.63, 3.8) is 0 Å². The van der Waals surface area contributed by atoms with E-state index in [2.05, 4.69) is 10.3 Å². The quantitative estimate of drug-likeness (QED) is 0.863. The number of hydrogen-bond acceptors (Lipinski definition) is 5. The Labute approximate surface area is 116 Å². The van der Waals surface area contributed by atoms with Gasteiger partial charge < -0.3 is 15.8 Å². The Hall–Kier alpha value is -0.980. The Kier molecular flexibility index (Phi) is 2.92. The van der Waals surface area contributed by atoms with Crippen LogP contribution in [0.4, 0.5) is 0 Å². The summed E-state index contributed by atoms with van der Waals surface area (Å²) < 4.78 is 5.69. The van der Waals surface area contributed by atoms with E-state index in [1.807, 2.05) is 19.2 Å². The van der Waals surface area contributed by atoms with Crippen LogP contribution in [0.15, 0.2) is 11.6 Å². The van der Waals surface area contributed by atoms with Crippen LogP contribution in [-0.2, 0) is 16.1 Å². The molecule has 3 N–H and O–H groups in total. The van der Waals surface area contributed by atoms with Crippen molar-refractivity contribution < 1.29 is 9.53 Å². The average Bonchev–Trinajstić information content (AvgIpc) is 3.04. The molecule has 1 amide bonds. The molecule has 1 saturated heterocycles. The molecule has 6 heteroatoms. The molecule has 1 aliphatic carbocycles. The molecule has 1 aromatic rings. The fourth-order valence-corrected chi connectivity index (χ4v) is 4.04. The fourth-order valence-electron chi connectivity index (χ4n) is 3.49. The molecule has 19 heavy (non-hydrogen) atoms. The number of rotatable bonds is 3. The number of carbonyl (C=O) groups excluding carboxylic acids is 1. The number of carbonyl (C=O) groups is 1. The molecule has 0 radical (unpaired) electrons. The molecular weight excluding hydrogens is 262 g/mol. The summed E-state index contributed by atoms with van der Waals surface area (Å²) in [5.41, 5.74) is 5.29. The molecule has 3 rings (SSSR count). The van der Waals surface area contributed by atoms with Gasteiger partial charge in [0.25, 0.3) is 0 Å². The molecule has 5 nitrogen and oxygen atoms in total. The lowest BCUT2D eigenvalue weighted by molar-refractivity contribution is -0.175. The standard InChI is InChI=1S/C13H19N3O2S/c1-12(2)10-8(3-5-18-10)13(12,14)11(17)16-7-9-15-4-6-19-9/h4,6,8,10H,3,5,7,14H2,1-2H3,(H,16,17). The van der Waals surface area contributed by atoms with Gasteiger partial charge in [-0.15, -0.1) is 11.3 Å². The van der Waals surface area contributed by atoms with Crippen molar-refractivity contribution in [3.8, 4) is 0 Å². The Morgan fingerprint density at radius 3 is 3.16 bits per heavy atom. The third kappa shape index (κ3) is 1.67. The van der Waals surface area contributed by atoms with Gasteiger partial charge in [0.05, 0.1) is 12.6 Å². The van der Waals surface area contributed by atoms with Crippen LogP contribution in [0.3, 0.4) is 0 Å². The van der Waals surface area contributed by atoms with Gasteiger partial charge in [-0.2, -0.15) is 0 Å². The van der Waals surface area contributed by atoms with Gasteiger partial charge in [-0.05, 0) is 6.42 Å². The number of nitrogens with zero attached hydrogens (tertiary/aromatic N) is 1. The highest BCUT2D eigenvalue weighted by Crippen LogP contribution is 2.58. The summed E-state index contributed by atoms with van der Waals surface area (Å²) in [7, 11) is 0. The van der Waals surface area contributed by atoms with Crippen molar-refractivity contribution >= 4 is 17.2 Å². The second kappa shape index (κ2) is 4.26. The molecule has 3 unspecified atom stereocenters. The number of hydrogen-bond donors (Lipinski definition) is 2. The Balaban J connectivity index is 1.72. The Morgan fingerprint density at radius 1 is 1.68 bits per heavy atom. The van der Waals surface area contributed by atoms with E-state index in [9.17, 15) is 4.79 Å². The van der Waals surface area contributed by atoms with E-state index in [0.717, 1.165) is 11.4 Å². The highest BCUT2D eigenvalue weighted by Gasteiger charge is 2.71. The first-order valence-electron chi connectivity index (χ1n) is 6.55. The monoisotopic (exact) mass is 281 g/mol. The molecule has 104 valence electrons. The van der Waals surface area contributed by atoms with Crippen molar-refractivity contribution in [1.29, 1.82) is 0 Å². The van der Waals surface area contributed by atoms with Crippen LogP contribution in [0.5, 0.6) is 0 Å². The zero-order chi connectivity index (χ0) is 13.7. The van der Waals surface area contributed by atoms with Gasteiger partial charge in [0.15, 0.2) is 0 Å². The van der Waals surface area contributed by atoms with E-state index in [0.29, 0.717) is 13.2 Å². The fraction of sp³-hybridized carbons (Fsp3) is 0.692. The van der Waals surface area contributed by atoms with Gasteiger partial charge in [-0.25, -0.2) is 4.98 Å². The van der Waals surface area contributed by atoms with Gasteiger partial charge in [-0.3, -0.25) is 4.79 Å². The normalized spacial score (nSPS) is 35.5. The first-order chi connectivity index (χ1) is 8.98. The minimum absolute atomic E-state index is 0.0838. The molecular formula is C13H19N3O2S. The first-order valence-corrected chi connectivity index (χ1v) is 7.43. The molecule has 0 aromatic carbocycles. The highest BCUT2D eigenvalue weighted by atomic mass is 32.1. The van der Waals surface area contributed by atoms with Crippen LogP contribution in [0.1, 0.15) is 25.3 Å². The predicted octanol–water partition coefficient (Wildman–Crippen LogP) is 0.902. The molecule has 0 spiro atoms. The summed E-state index contributed by atoms with van der Waals surface area (Å²) in [6.45, 7) is 5.19. The minimum atomic E-state index is -0.828. The lowest BCUT2D eigenvalue weighted by Crippen LogP contribution is -2.80. The molecule has 1 aromatic heterocycles. The van der Waals surface area contributed by atoms with Gasteiger partial charge in [0.2, 0.25) is 5.91 Å². The molecule has 2 aliphatic rings. The smallest absolute Gasteiger partial charge is 0.241 e. The maximum Gasteiger partial charge on any atom is 0.241 e. The lowest BCUT2D eigenvalue weighted by Gasteiger charge is -2.60. The van der Waals surface area contributed by atoms with Crippen molar-refractivity contribution in [1.82, 2.24) is 10.3 Å². The first kappa shape index (κ1) is 13.0. The summed E-state index contributed by atoms with van der Waals surface area (Å²) in [5.74, 6) is 0.0539. The largest absolute Gasteiger partial charge is 0.377 e. The Bertz CT molecular complexity index is 488. The van der Waals surface area contributed by atoms with Crippen molar-refractivity contribution in [3.05, 3.63) is 16.6 Å². The van der Waals surface area contributed by atoms with E-state index < -0.39 is 5.54 Å². The predicted molar refractivity (Wildman–Crippen MR) is 72.5 cm³/mol. The van der Waals surface area contributed by atoms with Crippen LogP contribution in [0.25, 0.3) is 0 Å². The van der Waals surface area contributed by atoms with Crippen molar-refractivity contribution in [2.24, 2.45) is 17.1 Å². The number of ether oxygens (including phenoxy) is 1. The van der Waals surface area contributed by atoms with Gasteiger partial charge in [-0.1, -0.05) is 13.8 Å². The number of nitrogens with one attached hydrogen (secondary N) is 1. The van der Waals surface area contributed by atoms with E-state index in [1.54, 1.807) is 6.20 Å². The average molecular weight is 281 g/mol. The molecule has 1 aliphatic heterocycles. The third-order valence-corrected chi connectivity index (χ3v) is 5.49. The maximum atomic E-state index is 12.5. The van der Waals surface area contributed by atoms with Gasteiger partial charge in [0.1, 0.15) is 10.5 Å². The van der Waals surface area contributed by atoms with E-state index in [1.165, 1.54) is 11.3 Å². The van der Waals surface area contributed by atoms with Crippen molar-refractivity contribution in [2.45, 2.75) is 38.5 Å². The SMILES string of the molecule is CC1(C)C2OCCC2C1(N)C(=O)NCc1nccs1. The third-order valence-electron chi connectivity index (χ3n) is 4.71. The van der Waals surface area contributed by atoms with Crippen LogP contribution in [0, 0.1) is 11.3 Å². The van der Waals surface area contributed by atoms with E-state index in [4.69, 9.17) is 10.5 Å². The van der Waals surface area contributed by atoms with Crippen LogP contribution >= 0.6 is 11.3 Å². The van der Waals surface area contributed by atoms with Crippen molar-refractivity contribution in [2.75, 3.05) is 6.61 Å². The summed E-state index contributed by atoms with van der Waals surface area (Å²) >= 11 is 1.53. The maximum absolute atomic E-state index is 12.5. The molecule has 3 atom stereocenters. The number of fused-ring (bicyclic) bond motifs is 1. The molecule has 1 saturated carbocycles. The summed E-state index contributed by atoms with van der Waals surface area (Å²) in [6, 6.07) is 0. The summed E-state index contributed by atoms with van der Waals surface area (Å²) in [4.78, 5) is 16.6. The number of aromatic nitrogens is 1. The van der Waals surface area contributed by atoms with Crippen LogP contribution in [0.2, 0.25) is 0 Å². The Morgan fingerprint density at radius 2 is 2.47 bits per heavy atom. The molecule has 2 fully saturated rings. The molecule has 0 bridgehead atoms. The van der Waals surface area contributed by atoms with Crippen LogP contribution in [-0.4, -0.2) is 29.1 Å². The zero-order valence-electron chi connectivity index (χ0n) is 11.2. The summed E-state index contributed by atoms with van der Waals surface area (Å²) in [6.07, 6.45) is 2.72. The van der Waals surface area contributed by atoms with E-state index >= 15 is 0 Å². The minimum Gasteiger partial charge on any atom is -0.377 e.